The van der Waals surface area contributed by atoms with Gasteiger partial charge in [-0.1, -0.05) is 53.7 Å². The summed E-state index contributed by atoms with van der Waals surface area (Å²) in [4.78, 5) is 31.2. The summed E-state index contributed by atoms with van der Waals surface area (Å²) in [7, 11) is 0. The van der Waals surface area contributed by atoms with Gasteiger partial charge in [0.25, 0.3) is 0 Å². The lowest BCUT2D eigenvalue weighted by molar-refractivity contribution is -0.130. The number of hydrogen-bond donors (Lipinski definition) is 1. The second-order valence-electron chi connectivity index (χ2n) is 7.13. The molecule has 1 fully saturated rings. The largest absolute Gasteiger partial charge is 0.322 e. The molecular weight excluding hydrogens is 433 g/mol. The van der Waals surface area contributed by atoms with E-state index in [9.17, 15) is 14.0 Å². The number of hydrogen-bond acceptors (Lipinski definition) is 5. The Hall–Kier alpha value is -2.97. The fraction of sp³-hybridized carbons (Fsp3) is 0.174. The van der Waals surface area contributed by atoms with E-state index in [1.165, 1.54) is 45.7 Å². The SMILES string of the molecule is Cc1ccc(-c2csc(/C=C3/S[C@H](C)C(=O)N3CC(=O)Nc3ccccc3F)n2)cc1. The van der Waals surface area contributed by atoms with Crippen molar-refractivity contribution in [1.29, 1.82) is 0 Å². The minimum absolute atomic E-state index is 0.0908. The molecule has 0 spiro atoms. The number of carbonyl (C=O) groups is 2. The standard InChI is InChI=1S/C23H20FN3O2S2/c1-14-7-9-16(10-8-14)19-13-30-21(26-19)11-22-27(23(29)15(2)31-22)12-20(28)25-18-6-4-3-5-17(18)24/h3-11,13,15H,12H2,1-2H3,(H,25,28)/b22-11+/t15-/m1/s1. The van der Waals surface area contributed by atoms with Crippen LogP contribution in [0.4, 0.5) is 10.1 Å². The molecule has 1 aromatic heterocycles. The highest BCUT2D eigenvalue weighted by atomic mass is 32.2. The molecule has 2 heterocycles. The summed E-state index contributed by atoms with van der Waals surface area (Å²) < 4.78 is 13.8. The van der Waals surface area contributed by atoms with Crippen molar-refractivity contribution < 1.29 is 14.0 Å². The highest BCUT2D eigenvalue weighted by Gasteiger charge is 2.35. The number of carbonyl (C=O) groups excluding carboxylic acids is 2. The van der Waals surface area contributed by atoms with Crippen LogP contribution in [0.25, 0.3) is 17.3 Å². The molecular formula is C23H20FN3O2S2. The van der Waals surface area contributed by atoms with E-state index in [-0.39, 0.29) is 23.4 Å². The maximum absolute atomic E-state index is 13.8. The van der Waals surface area contributed by atoms with Crippen LogP contribution in [0.1, 0.15) is 17.5 Å². The first-order valence-electron chi connectivity index (χ1n) is 9.67. The predicted molar refractivity (Wildman–Crippen MR) is 124 cm³/mol. The third-order valence-electron chi connectivity index (χ3n) is 4.74. The zero-order valence-corrected chi connectivity index (χ0v) is 18.6. The molecule has 1 N–H and O–H groups in total. The van der Waals surface area contributed by atoms with Gasteiger partial charge in [0.2, 0.25) is 11.8 Å². The zero-order valence-electron chi connectivity index (χ0n) is 17.0. The van der Waals surface area contributed by atoms with Crippen LogP contribution in [0.2, 0.25) is 0 Å². The van der Waals surface area contributed by atoms with Crippen LogP contribution in [-0.4, -0.2) is 33.5 Å². The van der Waals surface area contributed by atoms with E-state index < -0.39 is 11.7 Å². The zero-order chi connectivity index (χ0) is 22.0. The van der Waals surface area contributed by atoms with Gasteiger partial charge in [-0.15, -0.1) is 11.3 Å². The Morgan fingerprint density at radius 3 is 2.71 bits per heavy atom. The highest BCUT2D eigenvalue weighted by molar-refractivity contribution is 8.04. The number of halogens is 1. The van der Waals surface area contributed by atoms with Gasteiger partial charge in [0, 0.05) is 17.0 Å². The molecule has 158 valence electrons. The maximum atomic E-state index is 13.8. The molecule has 31 heavy (non-hydrogen) atoms. The molecule has 0 saturated carbocycles. The van der Waals surface area contributed by atoms with Gasteiger partial charge in [0.15, 0.2) is 0 Å². The monoisotopic (exact) mass is 453 g/mol. The van der Waals surface area contributed by atoms with Gasteiger partial charge >= 0.3 is 0 Å². The summed E-state index contributed by atoms with van der Waals surface area (Å²) in [6.07, 6.45) is 1.82. The quantitative estimate of drug-likeness (QED) is 0.580. The lowest BCUT2D eigenvalue weighted by Crippen LogP contribution is -2.35. The Bertz CT molecular complexity index is 1160. The molecule has 4 rings (SSSR count). The number of nitrogens with one attached hydrogen (secondary N) is 1. The van der Waals surface area contributed by atoms with Crippen molar-refractivity contribution in [3.05, 3.63) is 75.3 Å². The van der Waals surface area contributed by atoms with Crippen LogP contribution in [0.3, 0.4) is 0 Å². The topological polar surface area (TPSA) is 62.3 Å². The number of nitrogens with zero attached hydrogens (tertiary/aromatic N) is 2. The maximum Gasteiger partial charge on any atom is 0.244 e. The molecule has 0 aliphatic carbocycles. The lowest BCUT2D eigenvalue weighted by Gasteiger charge is -2.17. The summed E-state index contributed by atoms with van der Waals surface area (Å²) in [6, 6.07) is 14.1. The number of benzene rings is 2. The summed E-state index contributed by atoms with van der Waals surface area (Å²) in [5.74, 6) is -1.14. The Morgan fingerprint density at radius 2 is 1.97 bits per heavy atom. The number of anilines is 1. The summed E-state index contributed by atoms with van der Waals surface area (Å²) in [6.45, 7) is 3.65. The Labute approximate surface area is 188 Å². The second-order valence-corrected chi connectivity index (χ2v) is 9.38. The van der Waals surface area contributed by atoms with E-state index in [1.807, 2.05) is 42.6 Å². The van der Waals surface area contributed by atoms with Crippen molar-refractivity contribution >= 4 is 46.7 Å². The van der Waals surface area contributed by atoms with Crippen LogP contribution in [0.5, 0.6) is 0 Å². The van der Waals surface area contributed by atoms with E-state index in [0.29, 0.717) is 5.03 Å². The molecule has 1 atom stereocenters. The number of aromatic nitrogens is 1. The molecule has 8 heteroatoms. The van der Waals surface area contributed by atoms with Crippen LogP contribution in [0.15, 0.2) is 58.9 Å². The average Bonchev–Trinajstić information content (AvgIpc) is 3.31. The first kappa shape index (κ1) is 21.3. The van der Waals surface area contributed by atoms with Crippen LogP contribution >= 0.6 is 23.1 Å². The van der Waals surface area contributed by atoms with Crippen molar-refractivity contribution in [1.82, 2.24) is 9.88 Å². The summed E-state index contributed by atoms with van der Waals surface area (Å²) in [5.41, 5.74) is 3.16. The average molecular weight is 454 g/mol. The highest BCUT2D eigenvalue weighted by Crippen LogP contribution is 2.37. The van der Waals surface area contributed by atoms with Gasteiger partial charge in [-0.25, -0.2) is 9.37 Å². The van der Waals surface area contributed by atoms with E-state index in [4.69, 9.17) is 0 Å². The van der Waals surface area contributed by atoms with E-state index in [2.05, 4.69) is 10.3 Å². The van der Waals surface area contributed by atoms with Crippen molar-refractivity contribution in [2.24, 2.45) is 0 Å². The second kappa shape index (κ2) is 9.03. The summed E-state index contributed by atoms with van der Waals surface area (Å²) >= 11 is 2.86. The number of thiazole rings is 1. The Kier molecular flexibility index (Phi) is 6.20. The lowest BCUT2D eigenvalue weighted by atomic mass is 10.1. The molecule has 1 aliphatic rings. The fourth-order valence-corrected chi connectivity index (χ4v) is 4.98. The van der Waals surface area contributed by atoms with Gasteiger partial charge in [0.1, 0.15) is 17.4 Å². The van der Waals surface area contributed by atoms with Gasteiger partial charge in [-0.3, -0.25) is 14.5 Å². The Balaban J connectivity index is 1.52. The van der Waals surface area contributed by atoms with E-state index in [0.717, 1.165) is 16.3 Å². The first-order chi connectivity index (χ1) is 14.9. The number of thioether (sulfide) groups is 1. The minimum atomic E-state index is -0.520. The predicted octanol–water partition coefficient (Wildman–Crippen LogP) is 5.16. The molecule has 2 amide bonds. The minimum Gasteiger partial charge on any atom is -0.322 e. The van der Waals surface area contributed by atoms with Crippen molar-refractivity contribution in [2.45, 2.75) is 19.1 Å². The van der Waals surface area contributed by atoms with E-state index in [1.54, 1.807) is 19.1 Å². The van der Waals surface area contributed by atoms with Crippen molar-refractivity contribution in [3.63, 3.8) is 0 Å². The molecule has 3 aromatic rings. The van der Waals surface area contributed by atoms with Gasteiger partial charge in [-0.05, 0) is 26.0 Å². The summed E-state index contributed by atoms with van der Waals surface area (Å²) in [5, 5.41) is 5.61. The smallest absolute Gasteiger partial charge is 0.244 e. The number of amides is 2. The molecule has 0 unspecified atom stereocenters. The van der Waals surface area contributed by atoms with Crippen LogP contribution in [-0.2, 0) is 9.59 Å². The molecule has 1 aliphatic heterocycles. The molecule has 5 nitrogen and oxygen atoms in total. The van der Waals surface area contributed by atoms with Crippen LogP contribution in [0, 0.1) is 12.7 Å². The van der Waals surface area contributed by atoms with Crippen molar-refractivity contribution in [3.8, 4) is 11.3 Å². The molecule has 0 radical (unpaired) electrons. The Morgan fingerprint density at radius 1 is 1.23 bits per heavy atom. The molecule has 1 saturated heterocycles. The van der Waals surface area contributed by atoms with Gasteiger partial charge in [0.05, 0.1) is 21.7 Å². The van der Waals surface area contributed by atoms with Gasteiger partial charge in [-0.2, -0.15) is 0 Å². The number of para-hydroxylation sites is 1. The number of rotatable bonds is 5. The first-order valence-corrected chi connectivity index (χ1v) is 11.4. The van der Waals surface area contributed by atoms with Crippen LogP contribution < -0.4 is 5.32 Å². The fourth-order valence-electron chi connectivity index (χ4n) is 3.10. The number of aryl methyl sites for hydroxylation is 1. The molecule has 0 bridgehead atoms. The third kappa shape index (κ3) is 4.86. The van der Waals surface area contributed by atoms with Crippen molar-refractivity contribution in [2.75, 3.05) is 11.9 Å². The molecule has 2 aromatic carbocycles. The van der Waals surface area contributed by atoms with Gasteiger partial charge < -0.3 is 5.32 Å². The third-order valence-corrected chi connectivity index (χ3v) is 6.67. The van der Waals surface area contributed by atoms with E-state index >= 15 is 0 Å². The normalized spacial score (nSPS) is 17.4.